The van der Waals surface area contributed by atoms with E-state index < -0.39 is 6.08 Å². The molecule has 3 heteroatoms. The number of ether oxygens (including phenoxy) is 1. The van der Waals surface area contributed by atoms with Gasteiger partial charge in [0.1, 0.15) is 11.8 Å². The Bertz CT molecular complexity index is 718. The van der Waals surface area contributed by atoms with Gasteiger partial charge in [-0.15, -0.1) is 0 Å². The monoisotopic (exact) mass is 312 g/mol. The standard InChI is InChI=1S/C19H18ClNO/c20-17-9-6-16(13-21)19(12-17)22-18-10-7-15(8-11-18)14-4-2-1-3-5-14/h1-6,9,12,15,18H,7-8,10-11H2/i18D. The Balaban J connectivity index is 1.71. The van der Waals surface area contributed by atoms with E-state index in [0.29, 0.717) is 35.1 Å². The second-order valence-electron chi connectivity index (χ2n) is 5.58. The predicted octanol–water partition coefficient (Wildman–Crippen LogP) is 5.32. The molecule has 0 aromatic heterocycles. The molecule has 0 atom stereocenters. The summed E-state index contributed by atoms with van der Waals surface area (Å²) in [6.07, 6.45) is 2.13. The van der Waals surface area contributed by atoms with Gasteiger partial charge in [0.2, 0.25) is 0 Å². The molecule has 0 spiro atoms. The summed E-state index contributed by atoms with van der Waals surface area (Å²) in [5.41, 5.74) is 1.75. The van der Waals surface area contributed by atoms with Crippen molar-refractivity contribution in [2.45, 2.75) is 37.7 Å². The summed E-state index contributed by atoms with van der Waals surface area (Å²) in [7, 11) is 0. The van der Waals surface area contributed by atoms with Crippen LogP contribution in [-0.4, -0.2) is 6.08 Å². The van der Waals surface area contributed by atoms with Crippen molar-refractivity contribution in [2.75, 3.05) is 0 Å². The van der Waals surface area contributed by atoms with Crippen molar-refractivity contribution >= 4 is 11.6 Å². The molecule has 0 saturated heterocycles. The summed E-state index contributed by atoms with van der Waals surface area (Å²) in [6.45, 7) is 0. The van der Waals surface area contributed by atoms with Gasteiger partial charge in [0.15, 0.2) is 0 Å². The number of hydrogen-bond acceptors (Lipinski definition) is 2. The molecule has 0 amide bonds. The Morgan fingerprint density at radius 1 is 1.09 bits per heavy atom. The fourth-order valence-corrected chi connectivity index (χ4v) is 3.09. The van der Waals surface area contributed by atoms with E-state index in [-0.39, 0.29) is 0 Å². The van der Waals surface area contributed by atoms with Gasteiger partial charge in [-0.3, -0.25) is 0 Å². The molecule has 2 aromatic rings. The van der Waals surface area contributed by atoms with Crippen LogP contribution in [-0.2, 0) is 0 Å². The quantitative estimate of drug-likeness (QED) is 0.768. The first-order valence-electron chi connectivity index (χ1n) is 8.03. The molecule has 1 aliphatic rings. The van der Waals surface area contributed by atoms with Crippen LogP contribution < -0.4 is 4.74 Å². The van der Waals surface area contributed by atoms with Crippen LogP contribution in [0.5, 0.6) is 5.75 Å². The first kappa shape index (κ1) is 13.7. The van der Waals surface area contributed by atoms with E-state index >= 15 is 0 Å². The summed E-state index contributed by atoms with van der Waals surface area (Å²) in [5, 5.41) is 9.69. The van der Waals surface area contributed by atoms with Gasteiger partial charge in [-0.1, -0.05) is 41.9 Å². The minimum Gasteiger partial charge on any atom is -0.489 e. The summed E-state index contributed by atoms with van der Waals surface area (Å²) in [4.78, 5) is 0. The molecule has 0 N–H and O–H groups in total. The van der Waals surface area contributed by atoms with Gasteiger partial charge in [0, 0.05) is 11.1 Å². The molecule has 0 bridgehead atoms. The van der Waals surface area contributed by atoms with Gasteiger partial charge in [0.05, 0.1) is 13.0 Å². The van der Waals surface area contributed by atoms with E-state index in [2.05, 4.69) is 30.3 Å². The Labute approximate surface area is 137 Å². The van der Waals surface area contributed by atoms with Crippen LogP contribution in [0, 0.1) is 11.3 Å². The zero-order chi connectivity index (χ0) is 16.3. The molecule has 0 unspecified atom stereocenters. The molecule has 112 valence electrons. The number of nitriles is 1. The van der Waals surface area contributed by atoms with E-state index in [9.17, 15) is 5.26 Å². The fraction of sp³-hybridized carbons (Fsp3) is 0.316. The molecule has 3 rings (SSSR count). The molecule has 0 radical (unpaired) electrons. The number of rotatable bonds is 3. The van der Waals surface area contributed by atoms with Gasteiger partial charge in [0.25, 0.3) is 0 Å². The number of benzene rings is 2. The van der Waals surface area contributed by atoms with E-state index in [1.54, 1.807) is 18.2 Å². The maximum absolute atomic E-state index is 9.18. The van der Waals surface area contributed by atoms with Gasteiger partial charge in [-0.05, 0) is 49.3 Å². The van der Waals surface area contributed by atoms with Crippen molar-refractivity contribution in [3.05, 3.63) is 64.7 Å². The molecule has 0 aliphatic heterocycles. The van der Waals surface area contributed by atoms with Gasteiger partial charge >= 0.3 is 0 Å². The van der Waals surface area contributed by atoms with Gasteiger partial charge in [-0.2, -0.15) is 5.26 Å². The summed E-state index contributed by atoms with van der Waals surface area (Å²) >= 11 is 5.99. The van der Waals surface area contributed by atoms with Crippen molar-refractivity contribution in [2.24, 2.45) is 0 Å². The zero-order valence-electron chi connectivity index (χ0n) is 13.3. The molecule has 22 heavy (non-hydrogen) atoms. The van der Waals surface area contributed by atoms with Crippen LogP contribution in [0.25, 0.3) is 0 Å². The van der Waals surface area contributed by atoms with Crippen molar-refractivity contribution in [1.29, 1.82) is 5.26 Å². The highest BCUT2D eigenvalue weighted by atomic mass is 35.5. The third kappa shape index (κ3) is 3.43. The second kappa shape index (κ2) is 6.85. The number of hydrogen-bond donors (Lipinski definition) is 0. The summed E-state index contributed by atoms with van der Waals surface area (Å²) < 4.78 is 14.5. The minimum absolute atomic E-state index is 0.410. The van der Waals surface area contributed by atoms with Gasteiger partial charge < -0.3 is 4.74 Å². The average Bonchev–Trinajstić information content (AvgIpc) is 2.56. The molecule has 1 aliphatic carbocycles. The van der Waals surface area contributed by atoms with Crippen LogP contribution in [0.1, 0.15) is 44.1 Å². The van der Waals surface area contributed by atoms with E-state index in [4.69, 9.17) is 17.7 Å². The normalized spacial score (nSPS) is 25.1. The second-order valence-corrected chi connectivity index (χ2v) is 6.01. The van der Waals surface area contributed by atoms with Crippen molar-refractivity contribution in [1.82, 2.24) is 0 Å². The maximum atomic E-state index is 9.18. The molecule has 1 fully saturated rings. The minimum atomic E-state index is -0.985. The Morgan fingerprint density at radius 2 is 1.82 bits per heavy atom. The van der Waals surface area contributed by atoms with Crippen LogP contribution in [0.2, 0.25) is 5.02 Å². The Hall–Kier alpha value is -1.98. The molecule has 2 aromatic carbocycles. The largest absolute Gasteiger partial charge is 0.489 e. The van der Waals surface area contributed by atoms with E-state index in [1.807, 2.05) is 6.07 Å². The van der Waals surface area contributed by atoms with Gasteiger partial charge in [-0.25, -0.2) is 0 Å². The molecule has 0 heterocycles. The third-order valence-corrected chi connectivity index (χ3v) is 4.37. The van der Waals surface area contributed by atoms with Crippen LogP contribution >= 0.6 is 11.6 Å². The van der Waals surface area contributed by atoms with Crippen molar-refractivity contribution < 1.29 is 6.11 Å². The lowest BCUT2D eigenvalue weighted by Gasteiger charge is -2.29. The molecular weight excluding hydrogens is 294 g/mol. The number of halogens is 1. The summed E-state index contributed by atoms with van der Waals surface area (Å²) in [5.74, 6) is 0.890. The lowest BCUT2D eigenvalue weighted by molar-refractivity contribution is 0.146. The molecular formula is C19H18ClNO. The predicted molar refractivity (Wildman–Crippen MR) is 88.2 cm³/mol. The lowest BCUT2D eigenvalue weighted by atomic mass is 9.83. The van der Waals surface area contributed by atoms with Crippen LogP contribution in [0.4, 0.5) is 0 Å². The molecule has 1 saturated carbocycles. The Kier molecular flexibility index (Phi) is 4.26. The topological polar surface area (TPSA) is 33.0 Å². The highest BCUT2D eigenvalue weighted by molar-refractivity contribution is 6.30. The fourth-order valence-electron chi connectivity index (χ4n) is 2.93. The van der Waals surface area contributed by atoms with E-state index in [1.165, 1.54) is 5.56 Å². The van der Waals surface area contributed by atoms with Crippen LogP contribution in [0.3, 0.4) is 0 Å². The van der Waals surface area contributed by atoms with E-state index in [0.717, 1.165) is 12.8 Å². The van der Waals surface area contributed by atoms with Crippen LogP contribution in [0.15, 0.2) is 48.5 Å². The number of nitrogens with zero attached hydrogens (tertiary/aromatic N) is 1. The first-order valence-corrected chi connectivity index (χ1v) is 7.91. The zero-order valence-corrected chi connectivity index (χ0v) is 13.0. The Morgan fingerprint density at radius 3 is 2.50 bits per heavy atom. The van der Waals surface area contributed by atoms with Crippen molar-refractivity contribution in [3.63, 3.8) is 0 Å². The highest BCUT2D eigenvalue weighted by Gasteiger charge is 2.24. The molecule has 2 nitrogen and oxygen atoms in total. The SMILES string of the molecule is [2H]C1(Oc2cc(Cl)ccc2C#N)CCC(c2ccccc2)CC1. The first-order chi connectivity index (χ1) is 11.1. The lowest BCUT2D eigenvalue weighted by Crippen LogP contribution is -2.23. The highest BCUT2D eigenvalue weighted by Crippen LogP contribution is 2.35. The average molecular weight is 313 g/mol. The summed E-state index contributed by atoms with van der Waals surface area (Å²) in [6, 6.07) is 17.4. The third-order valence-electron chi connectivity index (χ3n) is 4.13. The smallest absolute Gasteiger partial charge is 0.138 e. The maximum Gasteiger partial charge on any atom is 0.138 e. The van der Waals surface area contributed by atoms with Crippen molar-refractivity contribution in [3.8, 4) is 11.8 Å².